The number of benzene rings is 1. The summed E-state index contributed by atoms with van der Waals surface area (Å²) in [6.07, 6.45) is 2.36. The van der Waals surface area contributed by atoms with E-state index in [1.54, 1.807) is 0 Å². The van der Waals surface area contributed by atoms with Crippen LogP contribution in [0.3, 0.4) is 0 Å². The first-order chi connectivity index (χ1) is 12.5. The van der Waals surface area contributed by atoms with E-state index in [1.165, 1.54) is 13.5 Å². The van der Waals surface area contributed by atoms with Gasteiger partial charge < -0.3 is 15.4 Å². The topological polar surface area (TPSA) is 70.7 Å². The van der Waals surface area contributed by atoms with E-state index in [0.29, 0.717) is 23.7 Å². The number of piperidine rings is 1. The van der Waals surface area contributed by atoms with E-state index >= 15 is 0 Å². The highest BCUT2D eigenvalue weighted by molar-refractivity contribution is 5.95. The predicted octanol–water partition coefficient (Wildman–Crippen LogP) is 2.51. The second kappa shape index (κ2) is 7.91. The first kappa shape index (κ1) is 18.5. The summed E-state index contributed by atoms with van der Waals surface area (Å²) in [5.41, 5.74) is 3.12. The van der Waals surface area contributed by atoms with Crippen LogP contribution in [0, 0.1) is 12.8 Å². The molecular weight excluding hydrogens is 330 g/mol. The van der Waals surface area contributed by atoms with Crippen molar-refractivity contribution in [1.82, 2.24) is 15.5 Å². The summed E-state index contributed by atoms with van der Waals surface area (Å²) in [5.74, 6) is 0.208. The van der Waals surface area contributed by atoms with Crippen LogP contribution < -0.4 is 10.6 Å². The number of methoxy groups -OCH3 is 1. The molecule has 0 unspecified atom stereocenters. The summed E-state index contributed by atoms with van der Waals surface area (Å²) in [6, 6.07) is 7.04. The molecule has 6 nitrogen and oxygen atoms in total. The van der Waals surface area contributed by atoms with E-state index < -0.39 is 12.0 Å². The van der Waals surface area contributed by atoms with Crippen molar-refractivity contribution in [2.45, 2.75) is 32.7 Å². The third kappa shape index (κ3) is 4.07. The van der Waals surface area contributed by atoms with Gasteiger partial charge in [-0.05, 0) is 37.8 Å². The molecule has 2 amide bonds. The molecule has 1 aromatic carbocycles. The van der Waals surface area contributed by atoms with Gasteiger partial charge in [-0.1, -0.05) is 36.8 Å². The van der Waals surface area contributed by atoms with Crippen LogP contribution in [0.15, 0.2) is 35.5 Å². The predicted molar refractivity (Wildman–Crippen MR) is 99.5 cm³/mol. The maximum absolute atomic E-state index is 12.6. The van der Waals surface area contributed by atoms with Crippen molar-refractivity contribution in [3.8, 4) is 0 Å². The number of ether oxygens (including phenoxy) is 1. The number of carbonyl (C=O) groups excluding carboxylic acids is 2. The van der Waals surface area contributed by atoms with E-state index in [1.807, 2.05) is 31.2 Å². The molecule has 6 heteroatoms. The van der Waals surface area contributed by atoms with Crippen LogP contribution in [0.4, 0.5) is 4.79 Å². The second-order valence-corrected chi connectivity index (χ2v) is 7.31. The summed E-state index contributed by atoms with van der Waals surface area (Å²) >= 11 is 0. The second-order valence-electron chi connectivity index (χ2n) is 7.31. The Morgan fingerprint density at radius 2 is 2.04 bits per heavy atom. The lowest BCUT2D eigenvalue weighted by molar-refractivity contribution is -0.136. The van der Waals surface area contributed by atoms with Gasteiger partial charge in [0.1, 0.15) is 0 Å². The third-order valence-electron chi connectivity index (χ3n) is 5.09. The van der Waals surface area contributed by atoms with Crippen LogP contribution >= 0.6 is 0 Å². The van der Waals surface area contributed by atoms with Crippen LogP contribution in [-0.2, 0) is 9.53 Å². The van der Waals surface area contributed by atoms with Crippen molar-refractivity contribution in [3.05, 3.63) is 46.7 Å². The number of likely N-dealkylation sites (tertiary alicyclic amines) is 1. The van der Waals surface area contributed by atoms with Gasteiger partial charge in [0.2, 0.25) is 0 Å². The summed E-state index contributed by atoms with van der Waals surface area (Å²) < 4.78 is 5.03. The number of amides is 2. The lowest BCUT2D eigenvalue weighted by Crippen LogP contribution is -2.49. The molecule has 1 aromatic rings. The molecule has 1 saturated heterocycles. The normalized spacial score (nSPS) is 24.0. The van der Waals surface area contributed by atoms with Crippen molar-refractivity contribution in [2.24, 2.45) is 5.92 Å². The number of esters is 1. The SMILES string of the molecule is COC(=O)C1=C(CN2CCC[C@@H](C)C2)NC(=O)N[C@H]1c1ccc(C)cc1. The quantitative estimate of drug-likeness (QED) is 0.813. The zero-order chi connectivity index (χ0) is 18.7. The van der Waals surface area contributed by atoms with E-state index in [4.69, 9.17) is 4.74 Å². The first-order valence-electron chi connectivity index (χ1n) is 9.15. The average Bonchev–Trinajstić information content (AvgIpc) is 2.61. The van der Waals surface area contributed by atoms with Crippen molar-refractivity contribution >= 4 is 12.0 Å². The fourth-order valence-electron chi connectivity index (χ4n) is 3.76. The molecule has 140 valence electrons. The highest BCUT2D eigenvalue weighted by Crippen LogP contribution is 2.29. The van der Waals surface area contributed by atoms with Crippen molar-refractivity contribution < 1.29 is 14.3 Å². The smallest absolute Gasteiger partial charge is 0.338 e. The number of hydrogen-bond acceptors (Lipinski definition) is 4. The Kier molecular flexibility index (Phi) is 5.61. The molecule has 2 N–H and O–H groups in total. The minimum Gasteiger partial charge on any atom is -0.466 e. The Labute approximate surface area is 154 Å². The Balaban J connectivity index is 1.95. The molecule has 0 spiro atoms. The van der Waals surface area contributed by atoms with Gasteiger partial charge in [-0.15, -0.1) is 0 Å². The maximum Gasteiger partial charge on any atom is 0.338 e. The number of carbonyl (C=O) groups is 2. The number of aryl methyl sites for hydroxylation is 1. The van der Waals surface area contributed by atoms with Gasteiger partial charge in [0.25, 0.3) is 0 Å². The molecule has 1 fully saturated rings. The average molecular weight is 357 g/mol. The largest absolute Gasteiger partial charge is 0.466 e. The molecule has 0 radical (unpaired) electrons. The highest BCUT2D eigenvalue weighted by atomic mass is 16.5. The number of hydrogen-bond donors (Lipinski definition) is 2. The fourth-order valence-corrected chi connectivity index (χ4v) is 3.76. The van der Waals surface area contributed by atoms with Gasteiger partial charge in [-0.25, -0.2) is 9.59 Å². The molecule has 26 heavy (non-hydrogen) atoms. The van der Waals surface area contributed by atoms with E-state index in [-0.39, 0.29) is 6.03 Å². The monoisotopic (exact) mass is 357 g/mol. The molecule has 2 heterocycles. The summed E-state index contributed by atoms with van der Waals surface area (Å²) in [5, 5.41) is 5.71. The Bertz CT molecular complexity index is 712. The van der Waals surface area contributed by atoms with Gasteiger partial charge in [0.05, 0.1) is 18.7 Å². The van der Waals surface area contributed by atoms with Crippen LogP contribution in [-0.4, -0.2) is 43.6 Å². The Morgan fingerprint density at radius 1 is 1.31 bits per heavy atom. The van der Waals surface area contributed by atoms with Crippen LogP contribution in [0.5, 0.6) is 0 Å². The standard InChI is InChI=1S/C20H27N3O3/c1-13-6-8-15(9-7-13)18-17(19(24)26-3)16(21-20(25)22-18)12-23-10-4-5-14(2)11-23/h6-9,14,18H,4-5,10-12H2,1-3H3,(H2,21,22,25)/t14-,18+/m1/s1. The van der Waals surface area contributed by atoms with Crippen molar-refractivity contribution in [1.29, 1.82) is 0 Å². The minimum atomic E-state index is -0.506. The van der Waals surface area contributed by atoms with Gasteiger partial charge >= 0.3 is 12.0 Å². The van der Waals surface area contributed by atoms with Crippen molar-refractivity contribution in [3.63, 3.8) is 0 Å². The minimum absolute atomic E-state index is 0.289. The van der Waals surface area contributed by atoms with Crippen LogP contribution in [0.25, 0.3) is 0 Å². The van der Waals surface area contributed by atoms with Gasteiger partial charge in [-0.3, -0.25) is 4.90 Å². The molecule has 0 aliphatic carbocycles. The molecular formula is C20H27N3O3. The van der Waals surface area contributed by atoms with Crippen LogP contribution in [0.2, 0.25) is 0 Å². The molecule has 2 aliphatic heterocycles. The lowest BCUT2D eigenvalue weighted by atomic mass is 9.93. The molecule has 0 bridgehead atoms. The van der Waals surface area contributed by atoms with E-state index in [0.717, 1.165) is 30.6 Å². The third-order valence-corrected chi connectivity index (χ3v) is 5.09. The summed E-state index contributed by atoms with van der Waals surface area (Å²) in [4.78, 5) is 27.1. The molecule has 3 rings (SSSR count). The Hall–Kier alpha value is -2.34. The fraction of sp³-hybridized carbons (Fsp3) is 0.500. The molecule has 0 aromatic heterocycles. The number of nitrogens with zero attached hydrogens (tertiary/aromatic N) is 1. The number of rotatable bonds is 4. The van der Waals surface area contributed by atoms with Gasteiger partial charge in [-0.2, -0.15) is 0 Å². The van der Waals surface area contributed by atoms with E-state index in [2.05, 4.69) is 22.5 Å². The maximum atomic E-state index is 12.6. The number of urea groups is 1. The lowest BCUT2D eigenvalue weighted by Gasteiger charge is -2.35. The van der Waals surface area contributed by atoms with Crippen LogP contribution in [0.1, 0.15) is 36.9 Å². The zero-order valence-corrected chi connectivity index (χ0v) is 15.7. The first-order valence-corrected chi connectivity index (χ1v) is 9.15. The number of nitrogens with one attached hydrogen (secondary N) is 2. The molecule has 2 atom stereocenters. The highest BCUT2D eigenvalue weighted by Gasteiger charge is 2.34. The van der Waals surface area contributed by atoms with Gasteiger partial charge in [0.15, 0.2) is 0 Å². The summed E-state index contributed by atoms with van der Waals surface area (Å²) in [7, 11) is 1.37. The zero-order valence-electron chi connectivity index (χ0n) is 15.7. The molecule has 2 aliphatic rings. The summed E-state index contributed by atoms with van der Waals surface area (Å²) in [6.45, 7) is 6.73. The Morgan fingerprint density at radius 3 is 2.69 bits per heavy atom. The molecule has 0 saturated carbocycles. The van der Waals surface area contributed by atoms with Crippen molar-refractivity contribution in [2.75, 3.05) is 26.7 Å². The van der Waals surface area contributed by atoms with Gasteiger partial charge in [0, 0.05) is 18.8 Å². The van der Waals surface area contributed by atoms with E-state index in [9.17, 15) is 9.59 Å².